The van der Waals surface area contributed by atoms with E-state index in [2.05, 4.69) is 29.0 Å². The number of aromatic nitrogens is 2. The molecule has 5 heteroatoms. The molecule has 0 aliphatic carbocycles. The van der Waals surface area contributed by atoms with Crippen LogP contribution in [0.4, 0.5) is 11.6 Å². The van der Waals surface area contributed by atoms with Gasteiger partial charge in [0.2, 0.25) is 0 Å². The molecule has 5 nitrogen and oxygen atoms in total. The first-order chi connectivity index (χ1) is 9.58. The average Bonchev–Trinajstić information content (AvgIpc) is 2.47. The number of hydrogen-bond acceptors (Lipinski definition) is 5. The van der Waals surface area contributed by atoms with Gasteiger partial charge in [0.25, 0.3) is 0 Å². The molecule has 1 fully saturated rings. The van der Waals surface area contributed by atoms with Crippen molar-refractivity contribution in [2.24, 2.45) is 0 Å². The van der Waals surface area contributed by atoms with Gasteiger partial charge in [-0.1, -0.05) is 13.8 Å². The minimum Gasteiger partial charge on any atom is -0.394 e. The SMILES string of the molecule is CNc1nc(C(C)C)nc(N2CCCCC2CO)c1C. The summed E-state index contributed by atoms with van der Waals surface area (Å²) >= 11 is 0. The van der Waals surface area contributed by atoms with E-state index < -0.39 is 0 Å². The lowest BCUT2D eigenvalue weighted by Gasteiger charge is -2.37. The van der Waals surface area contributed by atoms with Gasteiger partial charge in [0.15, 0.2) is 0 Å². The van der Waals surface area contributed by atoms with E-state index >= 15 is 0 Å². The third-order valence-corrected chi connectivity index (χ3v) is 4.00. The molecule has 1 aliphatic rings. The van der Waals surface area contributed by atoms with Crippen LogP contribution >= 0.6 is 0 Å². The Balaban J connectivity index is 2.45. The molecule has 1 saturated heterocycles. The van der Waals surface area contributed by atoms with Crippen LogP contribution in [-0.2, 0) is 0 Å². The van der Waals surface area contributed by atoms with Crippen LogP contribution in [0.25, 0.3) is 0 Å². The number of nitrogens with one attached hydrogen (secondary N) is 1. The highest BCUT2D eigenvalue weighted by Gasteiger charge is 2.26. The predicted octanol–water partition coefficient (Wildman–Crippen LogP) is 2.30. The first-order valence-corrected chi connectivity index (χ1v) is 7.52. The highest BCUT2D eigenvalue weighted by atomic mass is 16.3. The molecule has 20 heavy (non-hydrogen) atoms. The highest BCUT2D eigenvalue weighted by molar-refractivity contribution is 5.59. The van der Waals surface area contributed by atoms with Gasteiger partial charge in [-0.3, -0.25) is 0 Å². The van der Waals surface area contributed by atoms with Crippen molar-refractivity contribution >= 4 is 11.6 Å². The lowest BCUT2D eigenvalue weighted by atomic mass is 10.0. The molecule has 0 aromatic carbocycles. The van der Waals surface area contributed by atoms with Crippen molar-refractivity contribution in [3.05, 3.63) is 11.4 Å². The van der Waals surface area contributed by atoms with Crippen LogP contribution in [0, 0.1) is 6.92 Å². The summed E-state index contributed by atoms with van der Waals surface area (Å²) in [6.07, 6.45) is 3.37. The summed E-state index contributed by atoms with van der Waals surface area (Å²) in [5.41, 5.74) is 1.07. The van der Waals surface area contributed by atoms with Crippen molar-refractivity contribution in [1.29, 1.82) is 0 Å². The summed E-state index contributed by atoms with van der Waals surface area (Å²) in [5, 5.41) is 12.8. The maximum Gasteiger partial charge on any atom is 0.137 e. The average molecular weight is 278 g/mol. The molecule has 1 atom stereocenters. The molecular weight excluding hydrogens is 252 g/mol. The Labute approximate surface area is 121 Å². The second kappa shape index (κ2) is 6.39. The first-order valence-electron chi connectivity index (χ1n) is 7.52. The standard InChI is InChI=1S/C15H26N4O/c1-10(2)13-17-14(16-4)11(3)15(18-13)19-8-6-5-7-12(19)9-20/h10,12,20H,5-9H2,1-4H3,(H,16,17,18). The number of aliphatic hydroxyl groups excluding tert-OH is 1. The van der Waals surface area contributed by atoms with Gasteiger partial charge in [0.1, 0.15) is 17.5 Å². The number of hydrogen-bond donors (Lipinski definition) is 2. The molecule has 2 rings (SSSR count). The van der Waals surface area contributed by atoms with Crippen LogP contribution in [-0.4, -0.2) is 41.3 Å². The quantitative estimate of drug-likeness (QED) is 0.885. The molecule has 2 heterocycles. The van der Waals surface area contributed by atoms with E-state index in [0.29, 0.717) is 5.92 Å². The largest absolute Gasteiger partial charge is 0.394 e. The zero-order valence-electron chi connectivity index (χ0n) is 13.0. The predicted molar refractivity (Wildman–Crippen MR) is 82.5 cm³/mol. The number of nitrogens with zero attached hydrogens (tertiary/aromatic N) is 3. The van der Waals surface area contributed by atoms with Crippen molar-refractivity contribution in [1.82, 2.24) is 9.97 Å². The molecule has 1 aromatic heterocycles. The van der Waals surface area contributed by atoms with E-state index in [1.54, 1.807) is 0 Å². The van der Waals surface area contributed by atoms with Crippen molar-refractivity contribution in [2.45, 2.75) is 52.0 Å². The summed E-state index contributed by atoms with van der Waals surface area (Å²) in [4.78, 5) is 11.6. The van der Waals surface area contributed by atoms with Gasteiger partial charge in [-0.25, -0.2) is 9.97 Å². The molecule has 0 spiro atoms. The molecule has 1 unspecified atom stereocenters. The molecular formula is C15H26N4O. The van der Waals surface area contributed by atoms with Gasteiger partial charge in [-0.15, -0.1) is 0 Å². The lowest BCUT2D eigenvalue weighted by Crippen LogP contribution is -2.43. The molecule has 0 amide bonds. The smallest absolute Gasteiger partial charge is 0.137 e. The molecule has 112 valence electrons. The molecule has 2 N–H and O–H groups in total. The molecule has 0 radical (unpaired) electrons. The van der Waals surface area contributed by atoms with Crippen molar-refractivity contribution in [3.63, 3.8) is 0 Å². The monoisotopic (exact) mass is 278 g/mol. The topological polar surface area (TPSA) is 61.3 Å². The fourth-order valence-corrected chi connectivity index (χ4v) is 2.77. The van der Waals surface area contributed by atoms with E-state index in [1.807, 2.05) is 14.0 Å². The lowest BCUT2D eigenvalue weighted by molar-refractivity contribution is 0.239. The molecule has 0 saturated carbocycles. The summed E-state index contributed by atoms with van der Waals surface area (Å²) in [6, 6.07) is 0.182. The third-order valence-electron chi connectivity index (χ3n) is 4.00. The van der Waals surface area contributed by atoms with Gasteiger partial charge in [-0.05, 0) is 26.2 Å². The fourth-order valence-electron chi connectivity index (χ4n) is 2.77. The zero-order chi connectivity index (χ0) is 14.7. The minimum atomic E-state index is 0.182. The number of anilines is 2. The second-order valence-electron chi connectivity index (χ2n) is 5.81. The maximum absolute atomic E-state index is 9.62. The van der Waals surface area contributed by atoms with Crippen LogP contribution in [0.3, 0.4) is 0 Å². The van der Waals surface area contributed by atoms with Gasteiger partial charge < -0.3 is 15.3 Å². The summed E-state index contributed by atoms with van der Waals surface area (Å²) < 4.78 is 0. The summed E-state index contributed by atoms with van der Waals surface area (Å²) in [7, 11) is 1.89. The molecule has 0 bridgehead atoms. The van der Waals surface area contributed by atoms with E-state index in [1.165, 1.54) is 6.42 Å². The van der Waals surface area contributed by atoms with Crippen LogP contribution in [0.5, 0.6) is 0 Å². The summed E-state index contributed by atoms with van der Waals surface area (Å²) in [5.74, 6) is 3.02. The zero-order valence-corrected chi connectivity index (χ0v) is 13.0. The highest BCUT2D eigenvalue weighted by Crippen LogP contribution is 2.30. The normalized spacial score (nSPS) is 19.5. The van der Waals surface area contributed by atoms with Crippen molar-refractivity contribution in [3.8, 4) is 0 Å². The van der Waals surface area contributed by atoms with Gasteiger partial charge in [0.05, 0.1) is 12.6 Å². The van der Waals surface area contributed by atoms with Gasteiger partial charge in [0, 0.05) is 25.1 Å². The Morgan fingerprint density at radius 2 is 2.10 bits per heavy atom. The van der Waals surface area contributed by atoms with Crippen LogP contribution in [0.1, 0.15) is 50.4 Å². The summed E-state index contributed by atoms with van der Waals surface area (Å²) in [6.45, 7) is 7.41. The van der Waals surface area contributed by atoms with Crippen molar-refractivity contribution in [2.75, 3.05) is 30.4 Å². The van der Waals surface area contributed by atoms with E-state index in [4.69, 9.17) is 4.98 Å². The van der Waals surface area contributed by atoms with Gasteiger partial charge >= 0.3 is 0 Å². The van der Waals surface area contributed by atoms with E-state index in [-0.39, 0.29) is 12.6 Å². The fraction of sp³-hybridized carbons (Fsp3) is 0.733. The van der Waals surface area contributed by atoms with Gasteiger partial charge in [-0.2, -0.15) is 0 Å². The Kier molecular flexibility index (Phi) is 4.81. The third kappa shape index (κ3) is 2.87. The number of aliphatic hydroxyl groups is 1. The van der Waals surface area contributed by atoms with E-state index in [0.717, 1.165) is 42.4 Å². The van der Waals surface area contributed by atoms with Crippen LogP contribution < -0.4 is 10.2 Å². The molecule has 1 aliphatic heterocycles. The minimum absolute atomic E-state index is 0.182. The first kappa shape index (κ1) is 15.0. The van der Waals surface area contributed by atoms with E-state index in [9.17, 15) is 5.11 Å². The Hall–Kier alpha value is -1.36. The van der Waals surface area contributed by atoms with Crippen molar-refractivity contribution < 1.29 is 5.11 Å². The Morgan fingerprint density at radius 3 is 2.70 bits per heavy atom. The number of rotatable bonds is 4. The Bertz CT molecular complexity index is 461. The number of piperidine rings is 1. The molecule has 1 aromatic rings. The maximum atomic E-state index is 9.62. The Morgan fingerprint density at radius 1 is 1.35 bits per heavy atom. The second-order valence-corrected chi connectivity index (χ2v) is 5.81. The van der Waals surface area contributed by atoms with Crippen LogP contribution in [0.15, 0.2) is 0 Å². The van der Waals surface area contributed by atoms with Crippen LogP contribution in [0.2, 0.25) is 0 Å².